The van der Waals surface area contributed by atoms with Crippen LogP contribution in [0.2, 0.25) is 10.0 Å². The molecule has 1 aliphatic rings. The molecule has 160 valence electrons. The van der Waals surface area contributed by atoms with Gasteiger partial charge in [-0.3, -0.25) is 9.59 Å². The van der Waals surface area contributed by atoms with Crippen LogP contribution in [0.4, 0.5) is 11.4 Å². The highest BCUT2D eigenvalue weighted by Gasteiger charge is 2.27. The second-order valence-corrected chi connectivity index (χ2v) is 8.54. The van der Waals surface area contributed by atoms with E-state index < -0.39 is 11.9 Å². The van der Waals surface area contributed by atoms with Crippen molar-refractivity contribution in [3.63, 3.8) is 0 Å². The fraction of sp³-hybridized carbons (Fsp3) is 0.391. The third-order valence-electron chi connectivity index (χ3n) is 5.54. The number of anilines is 2. The van der Waals surface area contributed by atoms with Gasteiger partial charge in [0.1, 0.15) is 6.04 Å². The van der Waals surface area contributed by atoms with Crippen LogP contribution >= 0.6 is 23.2 Å². The first-order chi connectivity index (χ1) is 14.4. The van der Waals surface area contributed by atoms with Gasteiger partial charge in [0, 0.05) is 29.5 Å². The van der Waals surface area contributed by atoms with E-state index in [0.717, 1.165) is 25.2 Å². The number of carbonyl (C=O) groups is 2. The fourth-order valence-electron chi connectivity index (χ4n) is 3.57. The molecule has 0 radical (unpaired) electrons. The quantitative estimate of drug-likeness (QED) is 0.598. The summed E-state index contributed by atoms with van der Waals surface area (Å²) in [5.74, 6) is -0.739. The molecule has 2 atom stereocenters. The lowest BCUT2D eigenvalue weighted by Crippen LogP contribution is -2.47. The van der Waals surface area contributed by atoms with Gasteiger partial charge in [-0.15, -0.1) is 0 Å². The van der Waals surface area contributed by atoms with Gasteiger partial charge in [-0.05, 0) is 55.2 Å². The van der Waals surface area contributed by atoms with Crippen LogP contribution in [0.25, 0.3) is 0 Å². The van der Waals surface area contributed by atoms with E-state index in [1.54, 1.807) is 12.1 Å². The molecule has 5 nitrogen and oxygen atoms in total. The van der Waals surface area contributed by atoms with E-state index in [-0.39, 0.29) is 17.4 Å². The summed E-state index contributed by atoms with van der Waals surface area (Å²) in [7, 11) is 0. The Bertz CT molecular complexity index is 913. The van der Waals surface area contributed by atoms with Gasteiger partial charge < -0.3 is 15.5 Å². The minimum absolute atomic E-state index is 0.0614. The smallest absolute Gasteiger partial charge is 0.253 e. The van der Waals surface area contributed by atoms with Crippen molar-refractivity contribution in [1.29, 1.82) is 0 Å². The molecule has 3 rings (SSSR count). The summed E-state index contributed by atoms with van der Waals surface area (Å²) in [6, 6.07) is 11.8. The second-order valence-electron chi connectivity index (χ2n) is 7.69. The van der Waals surface area contributed by atoms with E-state index >= 15 is 0 Å². The first-order valence-electron chi connectivity index (χ1n) is 10.3. The topological polar surface area (TPSA) is 61.4 Å². The number of nitrogens with zero attached hydrogens (tertiary/aromatic N) is 1. The maximum Gasteiger partial charge on any atom is 0.253 e. The Morgan fingerprint density at radius 2 is 1.83 bits per heavy atom. The lowest BCUT2D eigenvalue weighted by Gasteiger charge is -2.24. The van der Waals surface area contributed by atoms with Gasteiger partial charge in [-0.25, -0.2) is 0 Å². The predicted molar refractivity (Wildman–Crippen MR) is 124 cm³/mol. The summed E-state index contributed by atoms with van der Waals surface area (Å²) >= 11 is 12.2. The Balaban J connectivity index is 1.75. The summed E-state index contributed by atoms with van der Waals surface area (Å²) in [6.07, 6.45) is 3.10. The highest BCUT2D eigenvalue weighted by Crippen LogP contribution is 2.24. The summed E-state index contributed by atoms with van der Waals surface area (Å²) in [6.45, 7) is 5.98. The number of benzene rings is 2. The SMILES string of the molecule is CC[C@@H](C)[C@@H](NC(=O)c1cc(Cl)ccc1Cl)C(=O)Nc1cccc(N2CCCC2)c1. The van der Waals surface area contributed by atoms with Gasteiger partial charge in [0.05, 0.1) is 10.6 Å². The Kier molecular flexibility index (Phi) is 7.62. The number of hydrogen-bond donors (Lipinski definition) is 2. The van der Waals surface area contributed by atoms with Crippen molar-refractivity contribution >= 4 is 46.4 Å². The zero-order chi connectivity index (χ0) is 21.7. The third kappa shape index (κ3) is 5.46. The Hall–Kier alpha value is -2.24. The van der Waals surface area contributed by atoms with Gasteiger partial charge in [0.2, 0.25) is 5.91 Å². The molecule has 2 amide bonds. The van der Waals surface area contributed by atoms with Crippen molar-refractivity contribution in [2.75, 3.05) is 23.3 Å². The van der Waals surface area contributed by atoms with Crippen LogP contribution < -0.4 is 15.5 Å². The molecule has 2 aromatic carbocycles. The molecule has 0 saturated carbocycles. The zero-order valence-corrected chi connectivity index (χ0v) is 18.8. The molecule has 0 unspecified atom stereocenters. The van der Waals surface area contributed by atoms with Crippen LogP contribution in [0.1, 0.15) is 43.5 Å². The number of hydrogen-bond acceptors (Lipinski definition) is 3. The second kappa shape index (κ2) is 10.2. The molecule has 0 aliphatic carbocycles. The monoisotopic (exact) mass is 447 g/mol. The van der Waals surface area contributed by atoms with Gasteiger partial charge in [-0.2, -0.15) is 0 Å². The largest absolute Gasteiger partial charge is 0.371 e. The lowest BCUT2D eigenvalue weighted by atomic mass is 9.97. The standard InChI is InChI=1S/C23H27Cl2N3O2/c1-3-15(2)21(27-22(29)19-13-16(24)9-10-20(19)25)23(30)26-17-7-6-8-18(14-17)28-11-4-5-12-28/h6-10,13-15,21H,3-5,11-12H2,1-2H3,(H,26,30)(H,27,29)/t15-,21-/m1/s1. The average Bonchev–Trinajstić information content (AvgIpc) is 3.28. The first-order valence-corrected chi connectivity index (χ1v) is 11.1. The minimum atomic E-state index is -0.701. The highest BCUT2D eigenvalue weighted by atomic mass is 35.5. The molecule has 1 fully saturated rings. The minimum Gasteiger partial charge on any atom is -0.371 e. The number of halogens is 2. The Morgan fingerprint density at radius 1 is 1.10 bits per heavy atom. The van der Waals surface area contributed by atoms with E-state index in [1.807, 2.05) is 32.0 Å². The third-order valence-corrected chi connectivity index (χ3v) is 6.10. The van der Waals surface area contributed by atoms with Crippen molar-refractivity contribution in [3.05, 3.63) is 58.1 Å². The van der Waals surface area contributed by atoms with Crippen molar-refractivity contribution in [2.24, 2.45) is 5.92 Å². The van der Waals surface area contributed by atoms with Crippen molar-refractivity contribution in [2.45, 2.75) is 39.2 Å². The Morgan fingerprint density at radius 3 is 2.53 bits per heavy atom. The maximum atomic E-state index is 13.1. The molecule has 2 aromatic rings. The number of nitrogens with one attached hydrogen (secondary N) is 2. The number of rotatable bonds is 7. The Labute approximate surface area is 187 Å². The molecule has 1 aliphatic heterocycles. The van der Waals surface area contributed by atoms with E-state index in [2.05, 4.69) is 21.6 Å². The van der Waals surface area contributed by atoms with Gasteiger partial charge >= 0.3 is 0 Å². The van der Waals surface area contributed by atoms with E-state index in [9.17, 15) is 9.59 Å². The van der Waals surface area contributed by atoms with Gasteiger partial charge in [0.15, 0.2) is 0 Å². The van der Waals surface area contributed by atoms with Crippen LogP contribution in [0.15, 0.2) is 42.5 Å². The highest BCUT2D eigenvalue weighted by molar-refractivity contribution is 6.35. The van der Waals surface area contributed by atoms with Crippen molar-refractivity contribution < 1.29 is 9.59 Å². The molecule has 0 spiro atoms. The molecule has 0 bridgehead atoms. The average molecular weight is 448 g/mol. The fourth-order valence-corrected chi connectivity index (χ4v) is 3.94. The number of amides is 2. The van der Waals surface area contributed by atoms with E-state index in [0.29, 0.717) is 15.7 Å². The molecule has 2 N–H and O–H groups in total. The maximum absolute atomic E-state index is 13.1. The molecule has 30 heavy (non-hydrogen) atoms. The summed E-state index contributed by atoms with van der Waals surface area (Å²) in [4.78, 5) is 28.2. The molecule has 7 heteroatoms. The van der Waals surface area contributed by atoms with Crippen LogP contribution in [0.5, 0.6) is 0 Å². The number of carbonyl (C=O) groups excluding carboxylic acids is 2. The predicted octanol–water partition coefficient (Wildman–Crippen LogP) is 5.38. The van der Waals surface area contributed by atoms with E-state index in [1.165, 1.54) is 18.9 Å². The summed E-state index contributed by atoms with van der Waals surface area (Å²) in [5, 5.41) is 6.50. The van der Waals surface area contributed by atoms with Gasteiger partial charge in [-0.1, -0.05) is 49.5 Å². The lowest BCUT2D eigenvalue weighted by molar-refractivity contribution is -0.119. The van der Waals surface area contributed by atoms with Crippen LogP contribution in [0.3, 0.4) is 0 Å². The van der Waals surface area contributed by atoms with Crippen LogP contribution in [0, 0.1) is 5.92 Å². The van der Waals surface area contributed by atoms with Gasteiger partial charge in [0.25, 0.3) is 5.91 Å². The molecular formula is C23H27Cl2N3O2. The van der Waals surface area contributed by atoms with Crippen molar-refractivity contribution in [3.8, 4) is 0 Å². The van der Waals surface area contributed by atoms with Crippen molar-refractivity contribution in [1.82, 2.24) is 5.32 Å². The molecule has 0 aromatic heterocycles. The zero-order valence-electron chi connectivity index (χ0n) is 17.3. The van der Waals surface area contributed by atoms with E-state index in [4.69, 9.17) is 23.2 Å². The molecular weight excluding hydrogens is 421 g/mol. The summed E-state index contributed by atoms with van der Waals surface area (Å²) in [5.41, 5.74) is 2.06. The molecule has 1 heterocycles. The van der Waals surface area contributed by atoms with Crippen LogP contribution in [-0.2, 0) is 4.79 Å². The summed E-state index contributed by atoms with van der Waals surface area (Å²) < 4.78 is 0. The van der Waals surface area contributed by atoms with Crippen LogP contribution in [-0.4, -0.2) is 30.9 Å². The molecule has 1 saturated heterocycles. The normalized spacial score (nSPS) is 15.5. The first kappa shape index (κ1) is 22.4.